The van der Waals surface area contributed by atoms with Crippen molar-refractivity contribution in [3.8, 4) is 0 Å². The molecule has 1 aromatic carbocycles. The third-order valence-corrected chi connectivity index (χ3v) is 3.71. The maximum atomic E-state index is 9.53. The van der Waals surface area contributed by atoms with Crippen LogP contribution in [-0.2, 0) is 6.54 Å². The number of nitrogens with one attached hydrogen (secondary N) is 1. The quantitative estimate of drug-likeness (QED) is 0.843. The van der Waals surface area contributed by atoms with Crippen LogP contribution in [0.25, 0.3) is 0 Å². The summed E-state index contributed by atoms with van der Waals surface area (Å²) < 4.78 is 0. The zero-order valence-electron chi connectivity index (χ0n) is 12.5. The third-order valence-electron chi connectivity index (χ3n) is 3.40. The van der Waals surface area contributed by atoms with Gasteiger partial charge in [-0.15, -0.1) is 0 Å². The van der Waals surface area contributed by atoms with E-state index in [1.54, 1.807) is 0 Å². The van der Waals surface area contributed by atoms with Crippen molar-refractivity contribution >= 4 is 17.3 Å². The van der Waals surface area contributed by atoms with E-state index in [0.717, 1.165) is 17.8 Å². The van der Waals surface area contributed by atoms with Crippen molar-refractivity contribution < 1.29 is 5.11 Å². The molecule has 0 bridgehead atoms. The Morgan fingerprint density at radius 1 is 1.37 bits per heavy atom. The van der Waals surface area contributed by atoms with Gasteiger partial charge in [-0.3, -0.25) is 0 Å². The van der Waals surface area contributed by atoms with E-state index in [9.17, 15) is 5.11 Å². The average molecular weight is 285 g/mol. The van der Waals surface area contributed by atoms with Gasteiger partial charge in [-0.25, -0.2) is 0 Å². The first-order chi connectivity index (χ1) is 8.79. The van der Waals surface area contributed by atoms with Crippen molar-refractivity contribution in [3.63, 3.8) is 0 Å². The highest BCUT2D eigenvalue weighted by atomic mass is 35.5. The minimum Gasteiger partial charge on any atom is -0.394 e. The molecule has 0 fully saturated rings. The van der Waals surface area contributed by atoms with Crippen LogP contribution in [0.1, 0.15) is 33.3 Å². The summed E-state index contributed by atoms with van der Waals surface area (Å²) >= 11 is 6.35. The van der Waals surface area contributed by atoms with Crippen molar-refractivity contribution in [1.29, 1.82) is 0 Å². The Labute approximate surface area is 121 Å². The van der Waals surface area contributed by atoms with Crippen molar-refractivity contribution in [2.24, 2.45) is 0 Å². The number of likely N-dealkylation sites (N-methyl/N-ethyl adjacent to an activating group) is 1. The molecular formula is C15H25ClN2O. The van der Waals surface area contributed by atoms with Gasteiger partial charge in [0.15, 0.2) is 0 Å². The van der Waals surface area contributed by atoms with Gasteiger partial charge in [0.2, 0.25) is 0 Å². The molecule has 1 aromatic rings. The Bertz CT molecular complexity index is 419. The zero-order chi connectivity index (χ0) is 14.6. The maximum Gasteiger partial charge on any atom is 0.0658 e. The molecule has 3 nitrogen and oxygen atoms in total. The molecule has 4 heteroatoms. The van der Waals surface area contributed by atoms with Crippen LogP contribution in [0.3, 0.4) is 0 Å². The Hall–Kier alpha value is -0.770. The fraction of sp³-hybridized carbons (Fsp3) is 0.600. The molecule has 1 rings (SSSR count). The molecule has 0 saturated carbocycles. The van der Waals surface area contributed by atoms with E-state index in [4.69, 9.17) is 11.6 Å². The lowest BCUT2D eigenvalue weighted by atomic mass is 10.0. The predicted octanol–water partition coefficient (Wildman–Crippen LogP) is 3.05. The van der Waals surface area contributed by atoms with E-state index in [1.165, 1.54) is 0 Å². The van der Waals surface area contributed by atoms with Gasteiger partial charge in [0, 0.05) is 19.6 Å². The summed E-state index contributed by atoms with van der Waals surface area (Å²) in [5, 5.41) is 13.6. The van der Waals surface area contributed by atoms with Crippen LogP contribution in [0, 0.1) is 0 Å². The lowest BCUT2D eigenvalue weighted by Gasteiger charge is -2.37. The van der Waals surface area contributed by atoms with Crippen molar-refractivity contribution in [2.75, 3.05) is 18.6 Å². The Morgan fingerprint density at radius 3 is 2.53 bits per heavy atom. The number of halogens is 1. The monoisotopic (exact) mass is 284 g/mol. The molecule has 0 aliphatic rings. The zero-order valence-corrected chi connectivity index (χ0v) is 13.3. The molecule has 0 saturated heterocycles. The maximum absolute atomic E-state index is 9.53. The van der Waals surface area contributed by atoms with E-state index in [-0.39, 0.29) is 12.1 Å². The second-order valence-electron chi connectivity index (χ2n) is 5.81. The topological polar surface area (TPSA) is 35.5 Å². The van der Waals surface area contributed by atoms with Gasteiger partial charge in [-0.05, 0) is 25.5 Å². The van der Waals surface area contributed by atoms with Gasteiger partial charge in [0.25, 0.3) is 0 Å². The first-order valence-electron chi connectivity index (χ1n) is 6.65. The molecule has 0 amide bonds. The molecule has 0 heterocycles. The molecule has 0 unspecified atom stereocenters. The van der Waals surface area contributed by atoms with Gasteiger partial charge in [-0.2, -0.15) is 0 Å². The average Bonchev–Trinajstić information content (AvgIpc) is 2.35. The Morgan fingerprint density at radius 2 is 2.00 bits per heavy atom. The van der Waals surface area contributed by atoms with Crippen LogP contribution in [0.5, 0.6) is 0 Å². The lowest BCUT2D eigenvalue weighted by Crippen LogP contribution is -2.45. The molecule has 0 aliphatic carbocycles. The number of hydrogen-bond donors (Lipinski definition) is 2. The van der Waals surface area contributed by atoms with Crippen LogP contribution >= 0.6 is 11.6 Å². The SMILES string of the molecule is CC(C)NCc1cccc(Cl)c1N(C)C(C)(C)CO. The molecule has 0 atom stereocenters. The second-order valence-corrected chi connectivity index (χ2v) is 6.22. The number of para-hydroxylation sites is 1. The fourth-order valence-corrected chi connectivity index (χ4v) is 2.12. The summed E-state index contributed by atoms with van der Waals surface area (Å²) in [5.41, 5.74) is 1.78. The number of anilines is 1. The van der Waals surface area contributed by atoms with Gasteiger partial charge < -0.3 is 15.3 Å². The summed E-state index contributed by atoms with van der Waals surface area (Å²) in [6.45, 7) is 9.06. The largest absolute Gasteiger partial charge is 0.394 e. The highest BCUT2D eigenvalue weighted by Gasteiger charge is 2.26. The summed E-state index contributed by atoms with van der Waals surface area (Å²) in [7, 11) is 1.97. The van der Waals surface area contributed by atoms with Gasteiger partial charge in [-0.1, -0.05) is 37.6 Å². The summed E-state index contributed by atoms with van der Waals surface area (Å²) in [6, 6.07) is 6.34. The van der Waals surface area contributed by atoms with E-state index in [1.807, 2.05) is 37.9 Å². The number of benzene rings is 1. The molecule has 0 aromatic heterocycles. The van der Waals surface area contributed by atoms with Crippen LogP contribution in [-0.4, -0.2) is 30.3 Å². The Balaban J connectivity index is 3.10. The highest BCUT2D eigenvalue weighted by Crippen LogP contribution is 2.33. The molecule has 0 spiro atoms. The number of aliphatic hydroxyl groups excluding tert-OH is 1. The molecule has 0 aliphatic heterocycles. The van der Waals surface area contributed by atoms with E-state index in [0.29, 0.717) is 11.1 Å². The molecule has 2 N–H and O–H groups in total. The van der Waals surface area contributed by atoms with Crippen molar-refractivity contribution in [1.82, 2.24) is 5.32 Å². The minimum atomic E-state index is -0.350. The van der Waals surface area contributed by atoms with Gasteiger partial charge in [0.05, 0.1) is 22.9 Å². The van der Waals surface area contributed by atoms with Crippen molar-refractivity contribution in [2.45, 2.75) is 45.8 Å². The number of rotatable bonds is 6. The molecule has 19 heavy (non-hydrogen) atoms. The first kappa shape index (κ1) is 16.3. The lowest BCUT2D eigenvalue weighted by molar-refractivity contribution is 0.216. The van der Waals surface area contributed by atoms with Crippen LogP contribution < -0.4 is 10.2 Å². The number of hydrogen-bond acceptors (Lipinski definition) is 3. The Kier molecular flexibility index (Phi) is 5.65. The molecule has 108 valence electrons. The normalized spacial score (nSPS) is 12.0. The third kappa shape index (κ3) is 4.10. The number of nitrogens with zero attached hydrogens (tertiary/aromatic N) is 1. The summed E-state index contributed by atoms with van der Waals surface area (Å²) in [4.78, 5) is 2.05. The van der Waals surface area contributed by atoms with Crippen LogP contribution in [0.2, 0.25) is 5.02 Å². The fourth-order valence-electron chi connectivity index (χ4n) is 1.80. The highest BCUT2D eigenvalue weighted by molar-refractivity contribution is 6.33. The van der Waals surface area contributed by atoms with Gasteiger partial charge in [0.1, 0.15) is 0 Å². The van der Waals surface area contributed by atoms with Gasteiger partial charge >= 0.3 is 0 Å². The summed E-state index contributed by atoms with van der Waals surface area (Å²) in [5.74, 6) is 0. The molecular weight excluding hydrogens is 260 g/mol. The predicted molar refractivity (Wildman–Crippen MR) is 83.0 cm³/mol. The van der Waals surface area contributed by atoms with E-state index >= 15 is 0 Å². The van der Waals surface area contributed by atoms with Crippen molar-refractivity contribution in [3.05, 3.63) is 28.8 Å². The van der Waals surface area contributed by atoms with E-state index in [2.05, 4.69) is 25.2 Å². The summed E-state index contributed by atoms with van der Waals surface area (Å²) in [6.07, 6.45) is 0. The smallest absolute Gasteiger partial charge is 0.0658 e. The van der Waals surface area contributed by atoms with Crippen LogP contribution in [0.15, 0.2) is 18.2 Å². The van der Waals surface area contributed by atoms with E-state index < -0.39 is 0 Å². The minimum absolute atomic E-state index is 0.0752. The second kappa shape index (κ2) is 6.60. The number of aliphatic hydroxyl groups is 1. The molecule has 0 radical (unpaired) electrons. The van der Waals surface area contributed by atoms with Crippen LogP contribution in [0.4, 0.5) is 5.69 Å². The standard InChI is InChI=1S/C15H25ClN2O/c1-11(2)17-9-12-7-6-8-13(16)14(12)18(5)15(3,4)10-19/h6-8,11,17,19H,9-10H2,1-5H3. The first-order valence-corrected chi connectivity index (χ1v) is 7.03.